The van der Waals surface area contributed by atoms with Gasteiger partial charge in [-0.05, 0) is 196 Å². The van der Waals surface area contributed by atoms with Gasteiger partial charge in [-0.2, -0.15) is 0 Å². The molecule has 0 amide bonds. The zero-order chi connectivity index (χ0) is 48.1. The van der Waals surface area contributed by atoms with Crippen LogP contribution in [0.4, 0.5) is 0 Å². The van der Waals surface area contributed by atoms with E-state index in [1.54, 1.807) is 0 Å². The van der Waals surface area contributed by atoms with E-state index >= 15 is 0 Å². The van der Waals surface area contributed by atoms with E-state index in [-0.39, 0.29) is 0 Å². The van der Waals surface area contributed by atoms with Crippen LogP contribution in [0.25, 0.3) is 0 Å². The fourth-order valence-electron chi connectivity index (χ4n) is 9.19. The molecule has 3 aliphatic heterocycles. The molecule has 0 spiro atoms. The summed E-state index contributed by atoms with van der Waals surface area (Å²) in [4.78, 5) is 0. The molecule has 30 heteroatoms. The van der Waals surface area contributed by atoms with Crippen LogP contribution in [-0.2, 0) is 61.7 Å². The number of hydrogen-bond acceptors (Lipinski definition) is 15. The molecule has 0 saturated carbocycles. The summed E-state index contributed by atoms with van der Waals surface area (Å²) in [5, 5.41) is 0. The van der Waals surface area contributed by atoms with Crippen molar-refractivity contribution in [2.24, 2.45) is 0 Å². The molecule has 3 aliphatic rings. The van der Waals surface area contributed by atoms with Crippen LogP contribution in [0.15, 0.2) is 0 Å². The summed E-state index contributed by atoms with van der Waals surface area (Å²) in [6.45, 7) is 62.2. The van der Waals surface area contributed by atoms with E-state index in [4.69, 9.17) is 61.7 Å². The van der Waals surface area contributed by atoms with E-state index < -0.39 is 128 Å². The highest BCUT2D eigenvalue weighted by atomic mass is 28.5. The van der Waals surface area contributed by atoms with Crippen molar-refractivity contribution in [3.05, 3.63) is 0 Å². The van der Waals surface area contributed by atoms with Gasteiger partial charge in [0, 0.05) is 0 Å². The van der Waals surface area contributed by atoms with E-state index in [2.05, 4.69) is 196 Å². The molecule has 360 valence electrons. The van der Waals surface area contributed by atoms with Gasteiger partial charge in [0.1, 0.15) is 0 Å². The molecular weight excluding hydrogens is 1020 g/mol. The maximum atomic E-state index is 6.44. The van der Waals surface area contributed by atoms with Crippen LogP contribution in [0.1, 0.15) is 0 Å². The lowest BCUT2D eigenvalue weighted by Gasteiger charge is -2.46. The highest BCUT2D eigenvalue weighted by molar-refractivity contribution is 6.95. The molecule has 3 heterocycles. The van der Waals surface area contributed by atoms with Crippen molar-refractivity contribution in [3.8, 4) is 0 Å². The van der Waals surface area contributed by atoms with Gasteiger partial charge in [0.05, 0.1) is 0 Å². The maximum Gasteiger partial charge on any atom is 0.314 e. The van der Waals surface area contributed by atoms with E-state index in [0.29, 0.717) is 0 Å². The van der Waals surface area contributed by atoms with E-state index in [1.807, 2.05) is 0 Å². The topological polar surface area (TPSA) is 138 Å². The van der Waals surface area contributed by atoms with Gasteiger partial charge in [0.15, 0.2) is 0 Å². The van der Waals surface area contributed by atoms with E-state index in [9.17, 15) is 0 Å². The minimum atomic E-state index is -2.38. The molecule has 0 N–H and O–H groups in total. The monoisotopic (exact) mass is 1110 g/mol. The van der Waals surface area contributed by atoms with Crippen LogP contribution in [0.3, 0.4) is 0 Å². The lowest BCUT2D eigenvalue weighted by molar-refractivity contribution is 0.236. The van der Waals surface area contributed by atoms with Gasteiger partial charge < -0.3 is 61.7 Å². The zero-order valence-corrected chi connectivity index (χ0v) is 58.6. The zero-order valence-electron chi connectivity index (χ0n) is 43.6. The molecule has 0 radical (unpaired) electrons. The lowest BCUT2D eigenvalue weighted by atomic mass is 11.9. The average molecular weight is 1110 g/mol. The first-order valence-electron chi connectivity index (χ1n) is 21.1. The quantitative estimate of drug-likeness (QED) is 0.213. The Balaban J connectivity index is 0.000000459. The van der Waals surface area contributed by atoms with Crippen molar-refractivity contribution in [1.29, 1.82) is 0 Å². The Hall–Kier alpha value is 2.65. The Labute approximate surface area is 383 Å². The van der Waals surface area contributed by atoms with Crippen LogP contribution < -0.4 is 0 Å². The third-order valence-electron chi connectivity index (χ3n) is 7.37. The molecular formula is C30H90O15Si15. The maximum absolute atomic E-state index is 6.44. The number of hydrogen-bond donors (Lipinski definition) is 0. The van der Waals surface area contributed by atoms with Crippen molar-refractivity contribution in [1.82, 2.24) is 0 Å². The van der Waals surface area contributed by atoms with Crippen LogP contribution in [0, 0.1) is 0 Å². The molecule has 0 bridgehead atoms. The normalized spacial score (nSPS) is 31.5. The van der Waals surface area contributed by atoms with Gasteiger partial charge >= 0.3 is 128 Å². The second-order valence-corrected chi connectivity index (χ2v) is 76.8. The second-order valence-electron chi connectivity index (χ2n) is 22.5. The molecule has 15 nitrogen and oxygen atoms in total. The van der Waals surface area contributed by atoms with Crippen molar-refractivity contribution in [2.45, 2.75) is 196 Å². The highest BCUT2D eigenvalue weighted by Crippen LogP contribution is 2.34. The van der Waals surface area contributed by atoms with E-state index in [0.717, 1.165) is 0 Å². The van der Waals surface area contributed by atoms with E-state index in [1.165, 1.54) is 0 Å². The Bertz CT molecular complexity index is 1130. The van der Waals surface area contributed by atoms with Crippen LogP contribution in [-0.4, -0.2) is 128 Å². The minimum absolute atomic E-state index is 2.07. The summed E-state index contributed by atoms with van der Waals surface area (Å²) in [5.74, 6) is 0. The third-order valence-corrected chi connectivity index (χ3v) is 66.4. The Morgan fingerprint density at radius 3 is 0.167 bits per heavy atom. The van der Waals surface area contributed by atoms with Gasteiger partial charge in [-0.1, -0.05) is 0 Å². The first-order valence-corrected chi connectivity index (χ1v) is 63.4. The predicted octanol–water partition coefficient (Wildman–Crippen LogP) is 10.8. The summed E-state index contributed by atoms with van der Waals surface area (Å²) < 4.78 is 94.8. The summed E-state index contributed by atoms with van der Waals surface area (Å²) in [6.07, 6.45) is 0. The fourth-order valence-corrected chi connectivity index (χ4v) is 88.3. The summed E-state index contributed by atoms with van der Waals surface area (Å²) in [7, 11) is -34.0. The molecule has 3 fully saturated rings. The molecule has 0 aromatic heterocycles. The SMILES string of the molecule is C[Si]1(C)O[Si](C)(C)O[Si](C)(C)O[Si](C)(C)O1.C[Si]1(C)O[Si](C)(C)O[Si](C)(C)O[Si](C)(C)O[Si](C)(C)O1.C[Si]1(C)O[Si](C)(C)O[Si](C)(C)O[Si](C)(C)O[Si](C)(C)O[Si](C)(C)O1. The molecule has 60 heavy (non-hydrogen) atoms. The minimum Gasteiger partial charge on any atom is -0.416 e. The number of rotatable bonds is 0. The van der Waals surface area contributed by atoms with Gasteiger partial charge in [-0.3, -0.25) is 0 Å². The largest absolute Gasteiger partial charge is 0.416 e. The van der Waals surface area contributed by atoms with Gasteiger partial charge in [0.2, 0.25) is 0 Å². The van der Waals surface area contributed by atoms with Crippen molar-refractivity contribution < 1.29 is 61.7 Å². The average Bonchev–Trinajstić information content (AvgIpc) is 2.69. The van der Waals surface area contributed by atoms with Crippen molar-refractivity contribution in [2.75, 3.05) is 0 Å². The first-order chi connectivity index (χ1) is 25.6. The molecule has 0 aromatic carbocycles. The molecule has 0 unspecified atom stereocenters. The van der Waals surface area contributed by atoms with Crippen molar-refractivity contribution in [3.63, 3.8) is 0 Å². The van der Waals surface area contributed by atoms with Crippen molar-refractivity contribution >= 4 is 128 Å². The second kappa shape index (κ2) is 19.6. The van der Waals surface area contributed by atoms with Crippen LogP contribution in [0.2, 0.25) is 196 Å². The van der Waals surface area contributed by atoms with Crippen LogP contribution >= 0.6 is 0 Å². The van der Waals surface area contributed by atoms with Gasteiger partial charge in [-0.25, -0.2) is 0 Å². The first kappa shape index (κ1) is 60.7. The summed E-state index contributed by atoms with van der Waals surface area (Å²) in [6, 6.07) is 0. The molecule has 0 atom stereocenters. The molecule has 0 aromatic rings. The lowest BCUT2D eigenvalue weighted by Crippen LogP contribution is -2.64. The van der Waals surface area contributed by atoms with Crippen LogP contribution in [0.5, 0.6) is 0 Å². The summed E-state index contributed by atoms with van der Waals surface area (Å²) in [5.41, 5.74) is 0. The molecule has 3 saturated heterocycles. The highest BCUT2D eigenvalue weighted by Gasteiger charge is 2.54. The molecule has 0 aliphatic carbocycles. The molecule has 3 rings (SSSR count). The predicted molar refractivity (Wildman–Crippen MR) is 279 cm³/mol. The Morgan fingerprint density at radius 2 is 0.133 bits per heavy atom. The van der Waals surface area contributed by atoms with Gasteiger partial charge in [-0.15, -0.1) is 0 Å². The fraction of sp³-hybridized carbons (Fsp3) is 1.00. The van der Waals surface area contributed by atoms with Gasteiger partial charge in [0.25, 0.3) is 0 Å². The standard InChI is InChI=1S/C12H36O6Si6.C10H30O5Si5.C8H24O4Si4/c1-19(2)13-20(3,4)15-22(7,8)17-24(11,12)18-23(9,10)16-21(5,6)14-19;1-16(2)11-17(3,4)13-19(7,8)15-20(9,10)14-18(5,6)12-16;1-13(2)9-14(3,4)11-16(7,8)12-15(5,6)10-13/h1-12H3;1-10H3;1-8H3. The summed E-state index contributed by atoms with van der Waals surface area (Å²) >= 11 is 0. The third kappa shape index (κ3) is 25.1. The smallest absolute Gasteiger partial charge is 0.314 e. The Morgan fingerprint density at radius 1 is 0.100 bits per heavy atom. The Kier molecular flexibility index (Phi) is 19.8.